The van der Waals surface area contributed by atoms with E-state index in [0.717, 1.165) is 0 Å². The van der Waals surface area contributed by atoms with Crippen LogP contribution in [0.1, 0.15) is 30.0 Å². The zero-order valence-electron chi connectivity index (χ0n) is 12.9. The summed E-state index contributed by atoms with van der Waals surface area (Å²) < 4.78 is 31.6. The third kappa shape index (κ3) is 4.41. The number of sulfonamides is 1. The molecule has 0 atom stereocenters. The Bertz CT molecular complexity index is 779. The number of carbonyl (C=O) groups excluding carboxylic acids is 1. The summed E-state index contributed by atoms with van der Waals surface area (Å²) in [4.78, 5) is 12.2. The van der Waals surface area contributed by atoms with Crippen molar-refractivity contribution in [1.29, 1.82) is 0 Å². The zero-order valence-corrected chi connectivity index (χ0v) is 13.7. The summed E-state index contributed by atoms with van der Waals surface area (Å²) in [6, 6.07) is 7.27. The molecule has 7 nitrogen and oxygen atoms in total. The number of nitrogens with one attached hydrogen (secondary N) is 2. The monoisotopic (exact) mass is 337 g/mol. The third-order valence-corrected chi connectivity index (χ3v) is 4.60. The Balaban J connectivity index is 2.09. The van der Waals surface area contributed by atoms with Gasteiger partial charge in [-0.2, -0.15) is 0 Å². The molecule has 23 heavy (non-hydrogen) atoms. The molecule has 0 aliphatic rings. The lowest BCUT2D eigenvalue weighted by atomic mass is 10.2. The Kier molecular flexibility index (Phi) is 5.19. The van der Waals surface area contributed by atoms with Crippen molar-refractivity contribution in [2.75, 3.05) is 5.32 Å². The van der Waals surface area contributed by atoms with Crippen LogP contribution in [0.5, 0.6) is 0 Å². The predicted octanol–water partition coefficient (Wildman–Crippen LogP) is 1.68. The molecule has 4 N–H and O–H groups in total. The molecule has 0 unspecified atom stereocenters. The first kappa shape index (κ1) is 17.2. The van der Waals surface area contributed by atoms with Gasteiger partial charge < -0.3 is 15.5 Å². The van der Waals surface area contributed by atoms with Crippen molar-refractivity contribution in [2.45, 2.75) is 31.3 Å². The lowest BCUT2D eigenvalue weighted by Gasteiger charge is -2.10. The van der Waals surface area contributed by atoms with Crippen molar-refractivity contribution < 1.29 is 17.6 Å². The van der Waals surface area contributed by atoms with Crippen LogP contribution in [0.3, 0.4) is 0 Å². The number of furan rings is 1. The van der Waals surface area contributed by atoms with Gasteiger partial charge >= 0.3 is 0 Å². The fourth-order valence-corrected chi connectivity index (χ4v) is 3.16. The van der Waals surface area contributed by atoms with Gasteiger partial charge in [-0.05, 0) is 44.2 Å². The van der Waals surface area contributed by atoms with Crippen LogP contribution in [0.2, 0.25) is 0 Å². The van der Waals surface area contributed by atoms with Crippen LogP contribution >= 0.6 is 0 Å². The Labute approximate surface area is 134 Å². The minimum absolute atomic E-state index is 0.137. The second-order valence-electron chi connectivity index (χ2n) is 5.26. The minimum atomic E-state index is -3.55. The number of nitrogens with two attached hydrogens (primary N) is 1. The standard InChI is InChI=1S/C15H19N3O4S/c1-10(2)18-23(20,21)14-5-3-12(4-6-14)17-15(19)11-7-13(8-16)22-9-11/h3-7,9-10,18H,8,16H2,1-2H3,(H,17,19). The van der Waals surface area contributed by atoms with Gasteiger partial charge in [-0.1, -0.05) is 0 Å². The van der Waals surface area contributed by atoms with Crippen LogP contribution < -0.4 is 15.8 Å². The van der Waals surface area contributed by atoms with Gasteiger partial charge in [0.15, 0.2) is 0 Å². The number of carbonyl (C=O) groups is 1. The van der Waals surface area contributed by atoms with Gasteiger partial charge in [0.25, 0.3) is 5.91 Å². The molecule has 8 heteroatoms. The first-order valence-electron chi connectivity index (χ1n) is 7.03. The molecule has 0 aliphatic heterocycles. The Morgan fingerprint density at radius 2 is 1.91 bits per heavy atom. The average molecular weight is 337 g/mol. The Morgan fingerprint density at radius 1 is 1.26 bits per heavy atom. The molecule has 0 spiro atoms. The van der Waals surface area contributed by atoms with Crippen LogP contribution in [0.15, 0.2) is 45.9 Å². The van der Waals surface area contributed by atoms with Crippen LogP contribution in [0.4, 0.5) is 5.69 Å². The molecule has 1 aromatic carbocycles. The Hall–Kier alpha value is -2.16. The summed E-state index contributed by atoms with van der Waals surface area (Å²) in [7, 11) is -3.55. The fraction of sp³-hybridized carbons (Fsp3) is 0.267. The maximum Gasteiger partial charge on any atom is 0.258 e. The molecule has 124 valence electrons. The van der Waals surface area contributed by atoms with Crippen LogP contribution in [-0.4, -0.2) is 20.4 Å². The smallest absolute Gasteiger partial charge is 0.258 e. The van der Waals surface area contributed by atoms with E-state index in [4.69, 9.17) is 10.2 Å². The van der Waals surface area contributed by atoms with E-state index < -0.39 is 10.0 Å². The summed E-state index contributed by atoms with van der Waals surface area (Å²) in [5.41, 5.74) is 6.25. The summed E-state index contributed by atoms with van der Waals surface area (Å²) in [6.07, 6.45) is 1.32. The van der Waals surface area contributed by atoms with Gasteiger partial charge in [-0.25, -0.2) is 13.1 Å². The molecule has 0 fully saturated rings. The number of amides is 1. The minimum Gasteiger partial charge on any atom is -0.467 e. The second-order valence-corrected chi connectivity index (χ2v) is 6.97. The quantitative estimate of drug-likeness (QED) is 0.742. The normalized spacial score (nSPS) is 11.7. The molecule has 0 bridgehead atoms. The van der Waals surface area contributed by atoms with Crippen LogP contribution in [-0.2, 0) is 16.6 Å². The van der Waals surface area contributed by atoms with Gasteiger partial charge in [0.1, 0.15) is 12.0 Å². The van der Waals surface area contributed by atoms with Gasteiger partial charge in [0.2, 0.25) is 10.0 Å². The maximum absolute atomic E-state index is 12.0. The number of hydrogen-bond acceptors (Lipinski definition) is 5. The van der Waals surface area contributed by atoms with E-state index in [2.05, 4.69) is 10.0 Å². The number of hydrogen-bond donors (Lipinski definition) is 3. The SMILES string of the molecule is CC(C)NS(=O)(=O)c1ccc(NC(=O)c2coc(CN)c2)cc1. The van der Waals surface area contributed by atoms with E-state index in [1.807, 2.05) is 0 Å². The fourth-order valence-electron chi connectivity index (χ4n) is 1.91. The van der Waals surface area contributed by atoms with E-state index in [1.165, 1.54) is 30.5 Å². The molecule has 0 aliphatic carbocycles. The highest BCUT2D eigenvalue weighted by Crippen LogP contribution is 2.16. The van der Waals surface area contributed by atoms with Crippen molar-refractivity contribution in [2.24, 2.45) is 5.73 Å². The van der Waals surface area contributed by atoms with Crippen molar-refractivity contribution in [1.82, 2.24) is 4.72 Å². The first-order valence-corrected chi connectivity index (χ1v) is 8.51. The lowest BCUT2D eigenvalue weighted by molar-refractivity contribution is 0.102. The largest absolute Gasteiger partial charge is 0.467 e. The topological polar surface area (TPSA) is 114 Å². The van der Waals surface area contributed by atoms with Crippen LogP contribution in [0, 0.1) is 0 Å². The molecule has 1 heterocycles. The van der Waals surface area contributed by atoms with Crippen LogP contribution in [0.25, 0.3) is 0 Å². The molecule has 0 saturated carbocycles. The average Bonchev–Trinajstić information content (AvgIpc) is 2.95. The predicted molar refractivity (Wildman–Crippen MR) is 86.5 cm³/mol. The van der Waals surface area contributed by atoms with Crippen molar-refractivity contribution in [3.8, 4) is 0 Å². The van der Waals surface area contributed by atoms with Gasteiger partial charge in [0, 0.05) is 11.7 Å². The van der Waals surface area contributed by atoms with E-state index in [0.29, 0.717) is 17.0 Å². The summed E-state index contributed by atoms with van der Waals surface area (Å²) in [5.74, 6) is 0.153. The first-order chi connectivity index (χ1) is 10.8. The van der Waals surface area contributed by atoms with Gasteiger partial charge in [-0.15, -0.1) is 0 Å². The zero-order chi connectivity index (χ0) is 17.0. The second kappa shape index (κ2) is 6.95. The molecule has 2 aromatic rings. The number of benzene rings is 1. The highest BCUT2D eigenvalue weighted by molar-refractivity contribution is 7.89. The third-order valence-electron chi connectivity index (χ3n) is 2.93. The van der Waals surface area contributed by atoms with E-state index in [-0.39, 0.29) is 23.4 Å². The van der Waals surface area contributed by atoms with E-state index >= 15 is 0 Å². The molecule has 1 amide bonds. The summed E-state index contributed by atoms with van der Waals surface area (Å²) in [6.45, 7) is 3.70. The van der Waals surface area contributed by atoms with Gasteiger partial charge in [-0.3, -0.25) is 4.79 Å². The molecular weight excluding hydrogens is 318 g/mol. The number of rotatable bonds is 6. The Morgan fingerprint density at radius 3 is 2.43 bits per heavy atom. The molecule has 0 saturated heterocycles. The summed E-state index contributed by atoms with van der Waals surface area (Å²) >= 11 is 0. The van der Waals surface area contributed by atoms with E-state index in [9.17, 15) is 13.2 Å². The maximum atomic E-state index is 12.0. The van der Waals surface area contributed by atoms with Crippen molar-refractivity contribution in [3.63, 3.8) is 0 Å². The van der Waals surface area contributed by atoms with Crippen molar-refractivity contribution >= 4 is 21.6 Å². The highest BCUT2D eigenvalue weighted by atomic mass is 32.2. The lowest BCUT2D eigenvalue weighted by Crippen LogP contribution is -2.30. The summed E-state index contributed by atoms with van der Waals surface area (Å²) in [5, 5.41) is 2.66. The number of anilines is 1. The van der Waals surface area contributed by atoms with Crippen molar-refractivity contribution in [3.05, 3.63) is 47.9 Å². The van der Waals surface area contributed by atoms with E-state index in [1.54, 1.807) is 19.9 Å². The molecule has 0 radical (unpaired) electrons. The van der Waals surface area contributed by atoms with Gasteiger partial charge in [0.05, 0.1) is 17.0 Å². The highest BCUT2D eigenvalue weighted by Gasteiger charge is 2.15. The molecular formula is C15H19N3O4S. The molecule has 1 aromatic heterocycles. The molecule has 2 rings (SSSR count).